The quantitative estimate of drug-likeness (QED) is 0.586. The molecule has 1 aliphatic heterocycles. The molecule has 8 heteroatoms. The van der Waals surface area contributed by atoms with Crippen LogP contribution in [0.2, 0.25) is 0 Å². The Balaban J connectivity index is 1.69. The van der Waals surface area contributed by atoms with Gasteiger partial charge in [0.25, 0.3) is 0 Å². The number of nitrogens with one attached hydrogen (secondary N) is 1. The zero-order chi connectivity index (χ0) is 21.3. The van der Waals surface area contributed by atoms with Gasteiger partial charge in [0, 0.05) is 5.69 Å². The van der Waals surface area contributed by atoms with Gasteiger partial charge < -0.3 is 14.8 Å². The lowest BCUT2D eigenvalue weighted by Crippen LogP contribution is -2.31. The highest BCUT2D eigenvalue weighted by Crippen LogP contribution is 2.39. The zero-order valence-electron chi connectivity index (χ0n) is 15.8. The van der Waals surface area contributed by atoms with E-state index in [0.717, 1.165) is 12.1 Å². The van der Waals surface area contributed by atoms with E-state index in [1.54, 1.807) is 55.6 Å². The van der Waals surface area contributed by atoms with Gasteiger partial charge in [-0.2, -0.15) is 13.2 Å². The average Bonchev–Trinajstić information content (AvgIpc) is 3.08. The van der Waals surface area contributed by atoms with Crippen LogP contribution in [0.1, 0.15) is 17.2 Å². The molecular formula is C22H18F3NO3S. The van der Waals surface area contributed by atoms with E-state index >= 15 is 0 Å². The van der Waals surface area contributed by atoms with Gasteiger partial charge in [0.2, 0.25) is 5.44 Å². The van der Waals surface area contributed by atoms with Crippen molar-refractivity contribution in [1.82, 2.24) is 0 Å². The van der Waals surface area contributed by atoms with Gasteiger partial charge >= 0.3 is 6.18 Å². The summed E-state index contributed by atoms with van der Waals surface area (Å²) in [6, 6.07) is 18.2. The number of ether oxygens (including phenoxy) is 2. The van der Waals surface area contributed by atoms with Crippen LogP contribution in [0.25, 0.3) is 0 Å². The molecule has 4 nitrogen and oxygen atoms in total. The summed E-state index contributed by atoms with van der Waals surface area (Å²) in [7, 11) is 0.0559. The van der Waals surface area contributed by atoms with Crippen LogP contribution in [0.5, 0.6) is 11.5 Å². The minimum Gasteiger partial charge on any atom is -0.497 e. The Labute approximate surface area is 174 Å². The first kappa shape index (κ1) is 20.3. The number of rotatable bonds is 5. The maximum absolute atomic E-state index is 13.1. The van der Waals surface area contributed by atoms with E-state index in [-0.39, 0.29) is 0 Å². The van der Waals surface area contributed by atoms with Crippen LogP contribution in [-0.4, -0.2) is 16.8 Å². The first-order chi connectivity index (χ1) is 14.4. The van der Waals surface area contributed by atoms with E-state index in [1.165, 1.54) is 12.1 Å². The maximum atomic E-state index is 13.1. The van der Waals surface area contributed by atoms with Crippen LogP contribution in [-0.2, 0) is 17.0 Å². The van der Waals surface area contributed by atoms with E-state index in [9.17, 15) is 17.4 Å². The van der Waals surface area contributed by atoms with Crippen molar-refractivity contribution in [3.8, 4) is 11.5 Å². The summed E-state index contributed by atoms with van der Waals surface area (Å²) in [5.74, 6) is 1.18. The van der Waals surface area contributed by atoms with Crippen molar-refractivity contribution in [2.24, 2.45) is 0 Å². The number of halogens is 3. The first-order valence-electron chi connectivity index (χ1n) is 9.11. The zero-order valence-corrected chi connectivity index (χ0v) is 16.7. The normalized spacial score (nSPS) is 18.9. The molecule has 156 valence electrons. The van der Waals surface area contributed by atoms with Crippen LogP contribution in [0.3, 0.4) is 0 Å². The van der Waals surface area contributed by atoms with Gasteiger partial charge in [-0.05, 0) is 54.1 Å². The van der Waals surface area contributed by atoms with E-state index in [0.29, 0.717) is 27.6 Å². The van der Waals surface area contributed by atoms with Crippen LogP contribution < -0.4 is 14.8 Å². The average molecular weight is 433 g/mol. The molecule has 0 fully saturated rings. The summed E-state index contributed by atoms with van der Waals surface area (Å²) in [6.45, 7) is 0. The van der Waals surface area contributed by atoms with Crippen molar-refractivity contribution in [1.29, 1.82) is 0 Å². The Hall–Kier alpha value is -3.00. The number of hydrogen-bond acceptors (Lipinski definition) is 4. The molecular weight excluding hydrogens is 415 g/mol. The molecule has 0 aliphatic carbocycles. The molecule has 0 radical (unpaired) electrons. The van der Waals surface area contributed by atoms with Crippen LogP contribution >= 0.6 is 0 Å². The fourth-order valence-corrected chi connectivity index (χ4v) is 4.69. The van der Waals surface area contributed by atoms with Crippen molar-refractivity contribution in [2.75, 3.05) is 12.4 Å². The molecule has 1 N–H and O–H groups in total. The van der Waals surface area contributed by atoms with E-state index in [4.69, 9.17) is 9.47 Å². The molecule has 1 heterocycles. The minimum absolute atomic E-state index is 0.509. The summed E-state index contributed by atoms with van der Waals surface area (Å²) in [6.07, 6.45) is -4.43. The highest BCUT2D eigenvalue weighted by molar-refractivity contribution is 7.86. The molecule has 0 unspecified atom stereocenters. The van der Waals surface area contributed by atoms with E-state index < -0.39 is 34.0 Å². The summed E-state index contributed by atoms with van der Waals surface area (Å²) in [5, 5.41) is 3.26. The van der Waals surface area contributed by atoms with Crippen molar-refractivity contribution in [3.63, 3.8) is 0 Å². The minimum atomic E-state index is -4.43. The molecule has 0 amide bonds. The van der Waals surface area contributed by atoms with Crippen LogP contribution in [0.15, 0.2) is 77.7 Å². The Morgan fingerprint density at radius 1 is 1.00 bits per heavy atom. The van der Waals surface area contributed by atoms with E-state index in [2.05, 4.69) is 5.32 Å². The van der Waals surface area contributed by atoms with Gasteiger partial charge in [-0.15, -0.1) is 0 Å². The van der Waals surface area contributed by atoms with Crippen LogP contribution in [0.4, 0.5) is 18.9 Å². The molecule has 0 aromatic heterocycles. The Kier molecular flexibility index (Phi) is 5.42. The molecule has 3 atom stereocenters. The topological polar surface area (TPSA) is 47.6 Å². The van der Waals surface area contributed by atoms with Crippen molar-refractivity contribution >= 4 is 16.5 Å². The standard InChI is InChI=1S/C22H18F3NO3S/c1-28-17-12-10-16(11-13-17)26-20(14-6-8-15(9-7-14)22(23,24)25)21-29-18-4-2-3-5-19(18)30(21)27/h2-13,20-21,26H,1H3/t20-,21-,30-/m0/s1. The summed E-state index contributed by atoms with van der Waals surface area (Å²) >= 11 is 0. The van der Waals surface area contributed by atoms with Crippen molar-refractivity contribution < 1.29 is 26.9 Å². The summed E-state index contributed by atoms with van der Waals surface area (Å²) in [5.41, 5.74) is -0.324. The third-order valence-electron chi connectivity index (χ3n) is 4.80. The second kappa shape index (κ2) is 8.02. The summed E-state index contributed by atoms with van der Waals surface area (Å²) in [4.78, 5) is 0.566. The van der Waals surface area contributed by atoms with Crippen molar-refractivity contribution in [2.45, 2.75) is 22.5 Å². The number of hydrogen-bond donors (Lipinski definition) is 1. The number of alkyl halides is 3. The molecule has 3 aromatic rings. The Bertz CT molecular complexity index is 1050. The number of benzene rings is 3. The number of para-hydroxylation sites is 1. The van der Waals surface area contributed by atoms with Gasteiger partial charge in [-0.1, -0.05) is 24.3 Å². The fourth-order valence-electron chi connectivity index (χ4n) is 3.25. The third-order valence-corrected chi connectivity index (χ3v) is 6.36. The molecule has 3 aromatic carbocycles. The second-order valence-electron chi connectivity index (χ2n) is 6.70. The molecule has 0 saturated heterocycles. The first-order valence-corrected chi connectivity index (χ1v) is 10.3. The van der Waals surface area contributed by atoms with Gasteiger partial charge in [-0.25, -0.2) is 0 Å². The van der Waals surface area contributed by atoms with Gasteiger partial charge in [0.15, 0.2) is 0 Å². The highest BCUT2D eigenvalue weighted by Gasteiger charge is 2.39. The van der Waals surface area contributed by atoms with Crippen molar-refractivity contribution in [3.05, 3.63) is 83.9 Å². The molecule has 30 heavy (non-hydrogen) atoms. The highest BCUT2D eigenvalue weighted by atomic mass is 32.2. The van der Waals surface area contributed by atoms with Crippen LogP contribution in [0, 0.1) is 0 Å². The Morgan fingerprint density at radius 2 is 1.67 bits per heavy atom. The molecule has 0 bridgehead atoms. The predicted octanol–water partition coefficient (Wildman–Crippen LogP) is 5.39. The number of fused-ring (bicyclic) bond motifs is 1. The lowest BCUT2D eigenvalue weighted by molar-refractivity contribution is -0.137. The summed E-state index contributed by atoms with van der Waals surface area (Å²) < 4.78 is 63.1. The number of methoxy groups -OCH3 is 1. The van der Waals surface area contributed by atoms with E-state index in [1.807, 2.05) is 0 Å². The molecule has 0 saturated carbocycles. The van der Waals surface area contributed by atoms with Gasteiger partial charge in [0.1, 0.15) is 28.3 Å². The lowest BCUT2D eigenvalue weighted by atomic mass is 10.0. The SMILES string of the molecule is COc1ccc(N[C@@H](c2ccc(C(F)(F)F)cc2)[C@H]2Oc3ccccc3[S@@]2=O)cc1. The molecule has 0 spiro atoms. The molecule has 1 aliphatic rings. The lowest BCUT2D eigenvalue weighted by Gasteiger charge is -2.25. The third kappa shape index (κ3) is 4.00. The fraction of sp³-hybridized carbons (Fsp3) is 0.182. The van der Waals surface area contributed by atoms with Gasteiger partial charge in [0.05, 0.1) is 17.6 Å². The molecule has 4 rings (SSSR count). The number of anilines is 1. The second-order valence-corrected chi connectivity index (χ2v) is 8.20. The Morgan fingerprint density at radius 3 is 2.27 bits per heavy atom. The monoisotopic (exact) mass is 433 g/mol. The van der Waals surface area contributed by atoms with Gasteiger partial charge in [-0.3, -0.25) is 4.21 Å². The largest absolute Gasteiger partial charge is 0.497 e. The smallest absolute Gasteiger partial charge is 0.416 e. The maximum Gasteiger partial charge on any atom is 0.416 e. The predicted molar refractivity (Wildman–Crippen MR) is 108 cm³/mol.